The van der Waals surface area contributed by atoms with E-state index in [1.54, 1.807) is 0 Å². The van der Waals surface area contributed by atoms with Crippen LogP contribution in [-0.2, 0) is 9.59 Å². The summed E-state index contributed by atoms with van der Waals surface area (Å²) in [5, 5.41) is 20.2. The van der Waals surface area contributed by atoms with Gasteiger partial charge >= 0.3 is 5.54 Å². The van der Waals surface area contributed by atoms with Crippen LogP contribution in [0.4, 0.5) is 0 Å². The van der Waals surface area contributed by atoms with Crippen LogP contribution < -0.4 is 5.73 Å². The normalized spacial score (nSPS) is 28.4. The number of nitro groups is 1. The second-order valence-corrected chi connectivity index (χ2v) is 3.41. The Labute approximate surface area is 90.4 Å². The topological polar surface area (TPSA) is 124 Å². The molecule has 1 aliphatic carbocycles. The Bertz CT molecular complexity index is 410. The van der Waals surface area contributed by atoms with E-state index in [0.29, 0.717) is 0 Å². The molecule has 16 heavy (non-hydrogen) atoms. The molecule has 7 heteroatoms. The Hall–Kier alpha value is -2.02. The standard InChI is InChI=1S/C9H10N2O5/c1-5(12)9(11(15)16)3-2-7(13)6(4-9)8(10)14/h2-4,7,13H,1H3,(H2,10,14). The lowest BCUT2D eigenvalue weighted by molar-refractivity contribution is -0.524. The van der Waals surface area contributed by atoms with Gasteiger partial charge in [0.2, 0.25) is 11.7 Å². The number of primary amides is 1. The van der Waals surface area contributed by atoms with Crippen LogP contribution in [0, 0.1) is 10.1 Å². The van der Waals surface area contributed by atoms with Crippen molar-refractivity contribution in [2.24, 2.45) is 5.73 Å². The number of carbonyl (C=O) groups is 2. The summed E-state index contributed by atoms with van der Waals surface area (Å²) >= 11 is 0. The van der Waals surface area contributed by atoms with Crippen molar-refractivity contribution in [3.63, 3.8) is 0 Å². The van der Waals surface area contributed by atoms with Crippen molar-refractivity contribution in [2.75, 3.05) is 0 Å². The largest absolute Gasteiger partial charge is 0.384 e. The zero-order valence-corrected chi connectivity index (χ0v) is 8.41. The molecule has 3 N–H and O–H groups in total. The lowest BCUT2D eigenvalue weighted by atomic mass is 9.85. The second kappa shape index (κ2) is 3.86. The Morgan fingerprint density at radius 3 is 2.56 bits per heavy atom. The third-order valence-electron chi connectivity index (χ3n) is 2.38. The fourth-order valence-corrected chi connectivity index (χ4v) is 1.39. The highest BCUT2D eigenvalue weighted by molar-refractivity contribution is 5.98. The van der Waals surface area contributed by atoms with Crippen molar-refractivity contribution in [1.29, 1.82) is 0 Å². The van der Waals surface area contributed by atoms with Gasteiger partial charge in [-0.05, 0) is 6.08 Å². The molecule has 2 unspecified atom stereocenters. The van der Waals surface area contributed by atoms with Gasteiger partial charge < -0.3 is 10.8 Å². The summed E-state index contributed by atoms with van der Waals surface area (Å²) in [6.07, 6.45) is 1.43. The van der Waals surface area contributed by atoms with Crippen LogP contribution in [0.1, 0.15) is 6.92 Å². The summed E-state index contributed by atoms with van der Waals surface area (Å²) in [7, 11) is 0. The van der Waals surface area contributed by atoms with E-state index in [0.717, 1.165) is 25.2 Å². The molecule has 0 radical (unpaired) electrons. The molecular weight excluding hydrogens is 216 g/mol. The van der Waals surface area contributed by atoms with Crippen molar-refractivity contribution < 1.29 is 19.6 Å². The smallest absolute Gasteiger partial charge is 0.316 e. The maximum atomic E-state index is 11.3. The molecule has 0 saturated carbocycles. The number of hydrogen-bond acceptors (Lipinski definition) is 5. The van der Waals surface area contributed by atoms with Gasteiger partial charge in [0.1, 0.15) is 6.10 Å². The SMILES string of the molecule is CC(=O)C1([N+](=O)[O-])C=CC(O)C(C(N)=O)=C1. The van der Waals surface area contributed by atoms with Crippen LogP contribution in [0.15, 0.2) is 23.8 Å². The zero-order valence-electron chi connectivity index (χ0n) is 8.41. The van der Waals surface area contributed by atoms with Crippen LogP contribution in [-0.4, -0.2) is 33.4 Å². The van der Waals surface area contributed by atoms with Gasteiger partial charge in [-0.2, -0.15) is 0 Å². The minimum absolute atomic E-state index is 0.352. The highest BCUT2D eigenvalue weighted by atomic mass is 16.6. The molecule has 2 atom stereocenters. The van der Waals surface area contributed by atoms with Crippen molar-refractivity contribution in [3.05, 3.63) is 33.9 Å². The molecule has 7 nitrogen and oxygen atoms in total. The first-order valence-corrected chi connectivity index (χ1v) is 4.37. The van der Waals surface area contributed by atoms with E-state index in [4.69, 9.17) is 5.73 Å². The van der Waals surface area contributed by atoms with E-state index in [1.165, 1.54) is 0 Å². The molecule has 0 spiro atoms. The number of carbonyl (C=O) groups excluding carboxylic acids is 2. The highest BCUT2D eigenvalue weighted by Gasteiger charge is 2.47. The van der Waals surface area contributed by atoms with E-state index < -0.39 is 28.3 Å². The molecule has 1 amide bonds. The molecule has 0 aromatic rings. The number of aliphatic hydroxyl groups excluding tert-OH is 1. The number of hydrogen-bond donors (Lipinski definition) is 2. The molecule has 0 saturated heterocycles. The van der Waals surface area contributed by atoms with Crippen molar-refractivity contribution in [1.82, 2.24) is 0 Å². The summed E-state index contributed by atoms with van der Waals surface area (Å²) < 4.78 is 0. The first-order chi connectivity index (χ1) is 7.31. The zero-order chi connectivity index (χ0) is 12.5. The molecular formula is C9H10N2O5. The Morgan fingerprint density at radius 1 is 1.62 bits per heavy atom. The number of amides is 1. The fraction of sp³-hybridized carbons (Fsp3) is 0.333. The predicted molar refractivity (Wildman–Crippen MR) is 52.8 cm³/mol. The van der Waals surface area contributed by atoms with Gasteiger partial charge in [-0.25, -0.2) is 0 Å². The van der Waals surface area contributed by atoms with Crippen LogP contribution in [0.25, 0.3) is 0 Å². The third-order valence-corrected chi connectivity index (χ3v) is 2.38. The molecule has 0 aromatic heterocycles. The number of aliphatic hydroxyl groups is 1. The Balaban J connectivity index is 3.34. The van der Waals surface area contributed by atoms with E-state index in [-0.39, 0.29) is 5.57 Å². The summed E-state index contributed by atoms with van der Waals surface area (Å²) in [6, 6.07) is 0. The van der Waals surface area contributed by atoms with Gasteiger partial charge in [0.15, 0.2) is 0 Å². The van der Waals surface area contributed by atoms with Crippen LogP contribution in [0.2, 0.25) is 0 Å². The minimum atomic E-state index is -2.11. The second-order valence-electron chi connectivity index (χ2n) is 3.41. The lowest BCUT2D eigenvalue weighted by Gasteiger charge is -2.21. The molecule has 0 bridgehead atoms. The monoisotopic (exact) mass is 226 g/mol. The highest BCUT2D eigenvalue weighted by Crippen LogP contribution is 2.24. The fourth-order valence-electron chi connectivity index (χ4n) is 1.39. The Kier molecular flexibility index (Phi) is 2.90. The van der Waals surface area contributed by atoms with Crippen molar-refractivity contribution >= 4 is 11.7 Å². The molecule has 1 rings (SSSR count). The summed E-state index contributed by atoms with van der Waals surface area (Å²) in [6.45, 7) is 1.03. The molecule has 0 heterocycles. The van der Waals surface area contributed by atoms with E-state index in [1.807, 2.05) is 0 Å². The lowest BCUT2D eigenvalue weighted by Crippen LogP contribution is -2.45. The van der Waals surface area contributed by atoms with E-state index in [2.05, 4.69) is 0 Å². The maximum absolute atomic E-state index is 11.3. The molecule has 86 valence electrons. The minimum Gasteiger partial charge on any atom is -0.384 e. The van der Waals surface area contributed by atoms with Gasteiger partial charge in [-0.1, -0.05) is 0 Å². The average Bonchev–Trinajstić information content (AvgIpc) is 2.17. The quantitative estimate of drug-likeness (QED) is 0.360. The first kappa shape index (κ1) is 12.1. The maximum Gasteiger partial charge on any atom is 0.316 e. The van der Waals surface area contributed by atoms with Crippen LogP contribution in [0.3, 0.4) is 0 Å². The van der Waals surface area contributed by atoms with Gasteiger partial charge in [-0.15, -0.1) is 0 Å². The van der Waals surface area contributed by atoms with E-state index in [9.17, 15) is 24.8 Å². The number of ketones is 1. The number of rotatable bonds is 3. The van der Waals surface area contributed by atoms with Gasteiger partial charge in [0.05, 0.1) is 5.57 Å². The van der Waals surface area contributed by atoms with Gasteiger partial charge in [-0.3, -0.25) is 19.7 Å². The first-order valence-electron chi connectivity index (χ1n) is 4.37. The molecule has 0 aliphatic heterocycles. The van der Waals surface area contributed by atoms with Crippen molar-refractivity contribution in [3.8, 4) is 0 Å². The summed E-state index contributed by atoms with van der Waals surface area (Å²) in [5.74, 6) is -1.76. The third kappa shape index (κ3) is 1.72. The van der Waals surface area contributed by atoms with Crippen molar-refractivity contribution in [2.45, 2.75) is 18.6 Å². The Morgan fingerprint density at radius 2 is 2.19 bits per heavy atom. The van der Waals surface area contributed by atoms with Crippen LogP contribution >= 0.6 is 0 Å². The van der Waals surface area contributed by atoms with Gasteiger partial charge in [0, 0.05) is 24.0 Å². The predicted octanol–water partition coefficient (Wildman–Crippen LogP) is -1.07. The van der Waals surface area contributed by atoms with E-state index >= 15 is 0 Å². The molecule has 0 aromatic carbocycles. The molecule has 1 aliphatic rings. The summed E-state index contributed by atoms with van der Waals surface area (Å²) in [5.41, 5.74) is 2.48. The van der Waals surface area contributed by atoms with Gasteiger partial charge in [0.25, 0.3) is 0 Å². The average molecular weight is 226 g/mol. The number of nitrogens with zero attached hydrogens (tertiary/aromatic N) is 1. The number of Topliss-reactive ketones (excluding diaryl/α,β-unsaturated/α-hetero) is 1. The summed E-state index contributed by atoms with van der Waals surface area (Å²) in [4.78, 5) is 32.2. The van der Waals surface area contributed by atoms with Crippen LogP contribution in [0.5, 0.6) is 0 Å². The number of nitrogens with two attached hydrogens (primary N) is 1. The molecule has 0 fully saturated rings.